The molecule has 0 unspecified atom stereocenters. The molecule has 1 heterocycles. The molecule has 1 amide bonds. The number of piperidine rings is 1. The predicted molar refractivity (Wildman–Crippen MR) is 73.9 cm³/mol. The van der Waals surface area contributed by atoms with Crippen molar-refractivity contribution in [1.82, 2.24) is 4.90 Å². The number of hydrogen-bond donors (Lipinski definition) is 0. The third-order valence-corrected chi connectivity index (χ3v) is 4.20. The molecule has 1 fully saturated rings. The fraction of sp³-hybridized carbons (Fsp3) is 0.417. The van der Waals surface area contributed by atoms with Gasteiger partial charge in [-0.1, -0.05) is 0 Å². The van der Waals surface area contributed by atoms with Crippen molar-refractivity contribution in [3.63, 3.8) is 0 Å². The van der Waals surface area contributed by atoms with E-state index < -0.39 is 0 Å². The van der Waals surface area contributed by atoms with E-state index in [4.69, 9.17) is 11.6 Å². The minimum atomic E-state index is -0.314. The van der Waals surface area contributed by atoms with Crippen molar-refractivity contribution in [3.8, 4) is 0 Å². The van der Waals surface area contributed by atoms with Crippen molar-refractivity contribution in [2.24, 2.45) is 0 Å². The Balaban J connectivity index is 2.14. The number of benzene rings is 1. The summed E-state index contributed by atoms with van der Waals surface area (Å²) in [7, 11) is 0. The van der Waals surface area contributed by atoms with Gasteiger partial charge in [-0.2, -0.15) is 0 Å². The predicted octanol–water partition coefficient (Wildman–Crippen LogP) is 3.27. The van der Waals surface area contributed by atoms with Gasteiger partial charge in [-0.05, 0) is 53.6 Å². The normalized spacial score (nSPS) is 17.2. The van der Waals surface area contributed by atoms with Crippen molar-refractivity contribution in [3.05, 3.63) is 33.1 Å². The minimum Gasteiger partial charge on any atom is -0.339 e. The summed E-state index contributed by atoms with van der Waals surface area (Å²) in [6.07, 6.45) is 1.65. The van der Waals surface area contributed by atoms with E-state index in [9.17, 15) is 9.18 Å². The van der Waals surface area contributed by atoms with E-state index in [0.717, 1.165) is 12.8 Å². The van der Waals surface area contributed by atoms with Crippen LogP contribution >= 0.6 is 34.2 Å². The number of halogens is 3. The number of likely N-dealkylation sites (tertiary alicyclic amines) is 1. The standard InChI is InChI=1S/C12H12ClFINO/c13-8-3-5-16(6-4-8)12(17)10-2-1-9(14)7-11(10)15/h1-2,7-8H,3-6H2. The maximum absolute atomic E-state index is 13.0. The van der Waals surface area contributed by atoms with Gasteiger partial charge in [-0.15, -0.1) is 11.6 Å². The summed E-state index contributed by atoms with van der Waals surface area (Å²) in [6.45, 7) is 1.36. The molecule has 2 nitrogen and oxygen atoms in total. The molecule has 2 rings (SSSR count). The van der Waals surface area contributed by atoms with Crippen LogP contribution in [0.25, 0.3) is 0 Å². The summed E-state index contributed by atoms with van der Waals surface area (Å²) in [4.78, 5) is 14.0. The van der Waals surface area contributed by atoms with Crippen LogP contribution in [0.4, 0.5) is 4.39 Å². The van der Waals surface area contributed by atoms with Crippen molar-refractivity contribution in [2.45, 2.75) is 18.2 Å². The zero-order chi connectivity index (χ0) is 12.4. The first kappa shape index (κ1) is 13.1. The molecule has 0 spiro atoms. The first-order chi connectivity index (χ1) is 8.08. The summed E-state index contributed by atoms with van der Waals surface area (Å²) in [5.41, 5.74) is 0.569. The molecule has 0 bridgehead atoms. The van der Waals surface area contributed by atoms with Crippen molar-refractivity contribution in [2.75, 3.05) is 13.1 Å². The Morgan fingerprint density at radius 2 is 2.06 bits per heavy atom. The number of nitrogens with zero attached hydrogens (tertiary/aromatic N) is 1. The summed E-state index contributed by atoms with van der Waals surface area (Å²) in [5, 5.41) is 0.173. The van der Waals surface area contributed by atoms with Gasteiger partial charge in [0.05, 0.1) is 5.56 Å². The van der Waals surface area contributed by atoms with Crippen molar-refractivity contribution >= 4 is 40.1 Å². The molecule has 0 radical (unpaired) electrons. The van der Waals surface area contributed by atoms with Crippen molar-refractivity contribution < 1.29 is 9.18 Å². The fourth-order valence-electron chi connectivity index (χ4n) is 1.88. The highest BCUT2D eigenvalue weighted by Crippen LogP contribution is 2.20. The van der Waals surface area contributed by atoms with E-state index in [2.05, 4.69) is 0 Å². The maximum Gasteiger partial charge on any atom is 0.254 e. The lowest BCUT2D eigenvalue weighted by Crippen LogP contribution is -2.39. The molecule has 5 heteroatoms. The Kier molecular flexibility index (Phi) is 4.25. The lowest BCUT2D eigenvalue weighted by Gasteiger charge is -2.29. The second-order valence-electron chi connectivity index (χ2n) is 4.09. The first-order valence-corrected chi connectivity index (χ1v) is 6.98. The number of carbonyl (C=O) groups is 1. The quantitative estimate of drug-likeness (QED) is 0.551. The Hall–Kier alpha value is -0.360. The second kappa shape index (κ2) is 5.52. The van der Waals surface area contributed by atoms with E-state index in [1.165, 1.54) is 12.1 Å². The molecular weight excluding hydrogens is 355 g/mol. The van der Waals surface area contributed by atoms with Crippen LogP contribution in [0.3, 0.4) is 0 Å². The van der Waals surface area contributed by atoms with Gasteiger partial charge in [0.15, 0.2) is 0 Å². The van der Waals surface area contributed by atoms with Crippen LogP contribution < -0.4 is 0 Å². The van der Waals surface area contributed by atoms with Crippen LogP contribution in [-0.2, 0) is 0 Å². The Labute approximate surface area is 118 Å². The second-order valence-corrected chi connectivity index (χ2v) is 5.87. The van der Waals surface area contributed by atoms with Crippen molar-refractivity contribution in [1.29, 1.82) is 0 Å². The van der Waals surface area contributed by atoms with Crippen LogP contribution in [0.15, 0.2) is 18.2 Å². The molecule has 1 aliphatic rings. The third-order valence-electron chi connectivity index (χ3n) is 2.87. The van der Waals surface area contributed by atoms with Gasteiger partial charge < -0.3 is 4.90 Å². The van der Waals surface area contributed by atoms with Gasteiger partial charge in [0.25, 0.3) is 5.91 Å². The summed E-state index contributed by atoms with van der Waals surface area (Å²) < 4.78 is 13.6. The van der Waals surface area contributed by atoms with E-state index in [-0.39, 0.29) is 17.1 Å². The highest BCUT2D eigenvalue weighted by Gasteiger charge is 2.23. The highest BCUT2D eigenvalue weighted by molar-refractivity contribution is 14.1. The van der Waals surface area contributed by atoms with Gasteiger partial charge in [-0.25, -0.2) is 4.39 Å². The zero-order valence-corrected chi connectivity index (χ0v) is 12.0. The lowest BCUT2D eigenvalue weighted by molar-refractivity contribution is 0.0725. The van der Waals surface area contributed by atoms with E-state index in [0.29, 0.717) is 22.2 Å². The molecule has 1 saturated heterocycles. The van der Waals surface area contributed by atoms with Crippen LogP contribution in [-0.4, -0.2) is 29.3 Å². The molecule has 0 atom stereocenters. The first-order valence-electron chi connectivity index (χ1n) is 5.46. The lowest BCUT2D eigenvalue weighted by atomic mass is 10.1. The molecule has 0 aromatic heterocycles. The Morgan fingerprint density at radius 1 is 1.41 bits per heavy atom. The maximum atomic E-state index is 13.0. The topological polar surface area (TPSA) is 20.3 Å². The molecule has 92 valence electrons. The van der Waals surface area contributed by atoms with Gasteiger partial charge >= 0.3 is 0 Å². The molecule has 1 aliphatic heterocycles. The number of carbonyl (C=O) groups excluding carboxylic acids is 1. The van der Waals surface area contributed by atoms with Crippen LogP contribution in [0.2, 0.25) is 0 Å². The fourth-order valence-corrected chi connectivity index (χ4v) is 2.79. The van der Waals surface area contributed by atoms with Gasteiger partial charge in [0.2, 0.25) is 0 Å². The number of hydrogen-bond acceptors (Lipinski definition) is 1. The zero-order valence-electron chi connectivity index (χ0n) is 9.13. The molecule has 1 aromatic rings. The summed E-state index contributed by atoms with van der Waals surface area (Å²) in [5.74, 6) is -0.344. The van der Waals surface area contributed by atoms with Gasteiger partial charge in [0, 0.05) is 22.0 Å². The summed E-state index contributed by atoms with van der Waals surface area (Å²) >= 11 is 7.98. The molecule has 0 saturated carbocycles. The summed E-state index contributed by atoms with van der Waals surface area (Å²) in [6, 6.07) is 4.25. The Morgan fingerprint density at radius 3 is 2.65 bits per heavy atom. The van der Waals surface area contributed by atoms with E-state index >= 15 is 0 Å². The molecule has 1 aromatic carbocycles. The van der Waals surface area contributed by atoms with Crippen LogP contribution in [0.5, 0.6) is 0 Å². The monoisotopic (exact) mass is 367 g/mol. The minimum absolute atomic E-state index is 0.0297. The molecule has 0 N–H and O–H groups in total. The number of alkyl halides is 1. The third kappa shape index (κ3) is 3.10. The average Bonchev–Trinajstić information content (AvgIpc) is 2.29. The average molecular weight is 368 g/mol. The SMILES string of the molecule is O=C(c1ccc(F)cc1I)N1CCC(Cl)CC1. The van der Waals surface area contributed by atoms with Gasteiger partial charge in [-0.3, -0.25) is 4.79 Å². The highest BCUT2D eigenvalue weighted by atomic mass is 127. The van der Waals surface area contributed by atoms with Crippen LogP contribution in [0, 0.1) is 9.39 Å². The number of amides is 1. The van der Waals surface area contributed by atoms with Crippen LogP contribution in [0.1, 0.15) is 23.2 Å². The Bertz CT molecular complexity index is 433. The van der Waals surface area contributed by atoms with E-state index in [1.807, 2.05) is 22.6 Å². The van der Waals surface area contributed by atoms with E-state index in [1.54, 1.807) is 11.0 Å². The molecular formula is C12H12ClFINO. The number of rotatable bonds is 1. The molecule has 17 heavy (non-hydrogen) atoms. The van der Waals surface area contributed by atoms with Gasteiger partial charge in [0.1, 0.15) is 5.82 Å². The largest absolute Gasteiger partial charge is 0.339 e. The smallest absolute Gasteiger partial charge is 0.254 e. The molecule has 0 aliphatic carbocycles.